The largest absolute Gasteiger partial charge is 0.323 e. The van der Waals surface area contributed by atoms with E-state index in [1.165, 1.54) is 0 Å². The molecular weight excluding hydrogens is 315 g/mol. The number of hydrogen-bond acceptors (Lipinski definition) is 1. The predicted octanol–water partition coefficient (Wildman–Crippen LogP) is 5.69. The van der Waals surface area contributed by atoms with Crippen LogP contribution in [0, 0.1) is 0 Å². The van der Waals surface area contributed by atoms with E-state index in [9.17, 15) is 0 Å². The van der Waals surface area contributed by atoms with E-state index in [4.69, 9.17) is 28.2 Å². The molecule has 0 N–H and O–H groups in total. The SMILES string of the molecule is CC(C)(C)c1nc2ccccc2n1Cc1c(Cl)cccc1Cl. The Morgan fingerprint density at radius 2 is 1.59 bits per heavy atom. The molecule has 0 spiro atoms. The molecule has 2 aromatic carbocycles. The Kier molecular flexibility index (Phi) is 3.92. The molecule has 0 aliphatic carbocycles. The Bertz CT molecular complexity index is 808. The van der Waals surface area contributed by atoms with Crippen LogP contribution in [0.3, 0.4) is 0 Å². The van der Waals surface area contributed by atoms with Gasteiger partial charge in [0, 0.05) is 21.0 Å². The van der Waals surface area contributed by atoms with Crippen LogP contribution in [0.2, 0.25) is 10.0 Å². The second-order valence-electron chi connectivity index (χ2n) is 6.46. The number of halogens is 2. The van der Waals surface area contributed by atoms with Gasteiger partial charge in [-0.2, -0.15) is 0 Å². The summed E-state index contributed by atoms with van der Waals surface area (Å²) >= 11 is 12.7. The Balaban J connectivity index is 2.21. The third-order valence-electron chi connectivity index (χ3n) is 3.70. The Labute approximate surface area is 140 Å². The highest BCUT2D eigenvalue weighted by atomic mass is 35.5. The molecule has 0 aliphatic rings. The van der Waals surface area contributed by atoms with E-state index in [1.54, 1.807) is 0 Å². The van der Waals surface area contributed by atoms with Gasteiger partial charge in [-0.3, -0.25) is 0 Å². The molecule has 0 bridgehead atoms. The topological polar surface area (TPSA) is 17.8 Å². The number of hydrogen-bond donors (Lipinski definition) is 0. The Morgan fingerprint density at radius 3 is 2.23 bits per heavy atom. The van der Waals surface area contributed by atoms with E-state index in [0.29, 0.717) is 16.6 Å². The number of para-hydroxylation sites is 2. The van der Waals surface area contributed by atoms with Gasteiger partial charge in [-0.15, -0.1) is 0 Å². The fraction of sp³-hybridized carbons (Fsp3) is 0.278. The highest BCUT2D eigenvalue weighted by Crippen LogP contribution is 2.31. The molecule has 3 rings (SSSR count). The molecule has 1 aromatic heterocycles. The summed E-state index contributed by atoms with van der Waals surface area (Å²) in [5.41, 5.74) is 2.96. The summed E-state index contributed by atoms with van der Waals surface area (Å²) in [6, 6.07) is 13.8. The van der Waals surface area contributed by atoms with Gasteiger partial charge >= 0.3 is 0 Å². The number of aromatic nitrogens is 2. The first-order valence-electron chi connectivity index (χ1n) is 7.26. The molecule has 0 radical (unpaired) electrons. The molecule has 22 heavy (non-hydrogen) atoms. The smallest absolute Gasteiger partial charge is 0.115 e. The van der Waals surface area contributed by atoms with Gasteiger partial charge in [0.2, 0.25) is 0 Å². The second-order valence-corrected chi connectivity index (χ2v) is 7.27. The minimum Gasteiger partial charge on any atom is -0.323 e. The number of imidazole rings is 1. The van der Waals surface area contributed by atoms with Gasteiger partial charge in [-0.1, -0.05) is 62.2 Å². The maximum atomic E-state index is 6.35. The van der Waals surface area contributed by atoms with Crippen molar-refractivity contribution in [2.45, 2.75) is 32.7 Å². The van der Waals surface area contributed by atoms with Gasteiger partial charge in [-0.25, -0.2) is 4.98 Å². The molecule has 2 nitrogen and oxygen atoms in total. The number of benzene rings is 2. The predicted molar refractivity (Wildman–Crippen MR) is 94.0 cm³/mol. The van der Waals surface area contributed by atoms with E-state index >= 15 is 0 Å². The van der Waals surface area contributed by atoms with Crippen LogP contribution in [-0.2, 0) is 12.0 Å². The first kappa shape index (κ1) is 15.4. The van der Waals surface area contributed by atoms with Crippen LogP contribution < -0.4 is 0 Å². The average Bonchev–Trinajstić information content (AvgIpc) is 2.82. The van der Waals surface area contributed by atoms with Crippen LogP contribution in [0.1, 0.15) is 32.2 Å². The number of nitrogens with zero attached hydrogens (tertiary/aromatic N) is 2. The molecule has 1 heterocycles. The van der Waals surface area contributed by atoms with Crippen LogP contribution >= 0.6 is 23.2 Å². The van der Waals surface area contributed by atoms with Crippen molar-refractivity contribution in [1.29, 1.82) is 0 Å². The summed E-state index contributed by atoms with van der Waals surface area (Å²) in [7, 11) is 0. The van der Waals surface area contributed by atoms with Gasteiger partial charge < -0.3 is 4.57 Å². The first-order chi connectivity index (χ1) is 10.4. The molecule has 4 heteroatoms. The summed E-state index contributed by atoms with van der Waals surface area (Å²) < 4.78 is 2.21. The van der Waals surface area contributed by atoms with E-state index < -0.39 is 0 Å². The highest BCUT2D eigenvalue weighted by Gasteiger charge is 2.23. The molecule has 0 saturated heterocycles. The lowest BCUT2D eigenvalue weighted by atomic mass is 9.95. The highest BCUT2D eigenvalue weighted by molar-refractivity contribution is 6.36. The zero-order valence-corrected chi connectivity index (χ0v) is 14.4. The second kappa shape index (κ2) is 5.60. The molecule has 0 unspecified atom stereocenters. The van der Waals surface area contributed by atoms with Gasteiger partial charge in [0.25, 0.3) is 0 Å². The zero-order valence-electron chi connectivity index (χ0n) is 12.9. The summed E-state index contributed by atoms with van der Waals surface area (Å²) in [6.45, 7) is 7.11. The quantitative estimate of drug-likeness (QED) is 0.589. The molecule has 0 atom stereocenters. The lowest BCUT2D eigenvalue weighted by Gasteiger charge is -2.21. The minimum atomic E-state index is -0.0627. The molecule has 0 saturated carbocycles. The Morgan fingerprint density at radius 1 is 0.955 bits per heavy atom. The summed E-state index contributed by atoms with van der Waals surface area (Å²) in [6.07, 6.45) is 0. The van der Waals surface area contributed by atoms with Crippen molar-refractivity contribution in [3.63, 3.8) is 0 Å². The van der Waals surface area contributed by atoms with Gasteiger partial charge in [0.05, 0.1) is 17.6 Å². The van der Waals surface area contributed by atoms with Crippen molar-refractivity contribution in [3.05, 3.63) is 63.9 Å². The fourth-order valence-corrected chi connectivity index (χ4v) is 3.17. The number of fused-ring (bicyclic) bond motifs is 1. The van der Waals surface area contributed by atoms with Gasteiger partial charge in [0.15, 0.2) is 0 Å². The van der Waals surface area contributed by atoms with Gasteiger partial charge in [0.1, 0.15) is 5.82 Å². The van der Waals surface area contributed by atoms with E-state index in [0.717, 1.165) is 22.4 Å². The van der Waals surface area contributed by atoms with E-state index in [1.807, 2.05) is 36.4 Å². The van der Waals surface area contributed by atoms with E-state index in [-0.39, 0.29) is 5.41 Å². The maximum Gasteiger partial charge on any atom is 0.115 e. The monoisotopic (exact) mass is 332 g/mol. The Hall–Kier alpha value is -1.51. The zero-order chi connectivity index (χ0) is 15.9. The molecular formula is C18H18Cl2N2. The van der Waals surface area contributed by atoms with Crippen LogP contribution in [-0.4, -0.2) is 9.55 Å². The van der Waals surface area contributed by atoms with E-state index in [2.05, 4.69) is 31.4 Å². The maximum absolute atomic E-state index is 6.35. The van der Waals surface area contributed by atoms with Crippen LogP contribution in [0.25, 0.3) is 11.0 Å². The molecule has 114 valence electrons. The number of rotatable bonds is 2. The molecule has 0 amide bonds. The summed E-state index contributed by atoms with van der Waals surface area (Å²) in [5.74, 6) is 1.03. The third-order valence-corrected chi connectivity index (χ3v) is 4.41. The minimum absolute atomic E-state index is 0.0627. The van der Waals surface area contributed by atoms with Crippen molar-refractivity contribution in [1.82, 2.24) is 9.55 Å². The van der Waals surface area contributed by atoms with Gasteiger partial charge in [-0.05, 0) is 24.3 Å². The van der Waals surface area contributed by atoms with Crippen molar-refractivity contribution in [2.24, 2.45) is 0 Å². The lowest BCUT2D eigenvalue weighted by molar-refractivity contribution is 0.516. The molecule has 0 aliphatic heterocycles. The summed E-state index contributed by atoms with van der Waals surface area (Å²) in [5, 5.41) is 1.37. The lowest BCUT2D eigenvalue weighted by Crippen LogP contribution is -2.19. The molecule has 3 aromatic rings. The normalized spacial score (nSPS) is 12.0. The van der Waals surface area contributed by atoms with Crippen LogP contribution in [0.4, 0.5) is 0 Å². The molecule has 0 fully saturated rings. The van der Waals surface area contributed by atoms with Crippen molar-refractivity contribution in [2.75, 3.05) is 0 Å². The summed E-state index contributed by atoms with van der Waals surface area (Å²) in [4.78, 5) is 4.82. The van der Waals surface area contributed by atoms with Crippen molar-refractivity contribution in [3.8, 4) is 0 Å². The standard InChI is InChI=1S/C18H18Cl2N2/c1-18(2,3)17-21-15-9-4-5-10-16(15)22(17)11-12-13(19)7-6-8-14(12)20/h4-10H,11H2,1-3H3. The first-order valence-corrected chi connectivity index (χ1v) is 8.02. The van der Waals surface area contributed by atoms with Crippen molar-refractivity contribution < 1.29 is 0 Å². The van der Waals surface area contributed by atoms with Crippen molar-refractivity contribution >= 4 is 34.2 Å². The third kappa shape index (κ3) is 2.73. The fourth-order valence-electron chi connectivity index (χ4n) is 2.65. The average molecular weight is 333 g/mol. The van der Waals surface area contributed by atoms with Crippen LogP contribution in [0.15, 0.2) is 42.5 Å². The van der Waals surface area contributed by atoms with Crippen LogP contribution in [0.5, 0.6) is 0 Å².